The van der Waals surface area contributed by atoms with E-state index in [1.165, 1.54) is 43.6 Å². The summed E-state index contributed by atoms with van der Waals surface area (Å²) in [7, 11) is 0. The van der Waals surface area contributed by atoms with E-state index >= 15 is 0 Å². The van der Waals surface area contributed by atoms with Gasteiger partial charge in [-0.15, -0.1) is 11.3 Å². The average molecular weight is 253 g/mol. The summed E-state index contributed by atoms with van der Waals surface area (Å²) in [5.74, 6) is 0.879. The highest BCUT2D eigenvalue weighted by Gasteiger charge is 2.12. The highest BCUT2D eigenvalue weighted by Crippen LogP contribution is 2.22. The van der Waals surface area contributed by atoms with Gasteiger partial charge in [-0.3, -0.25) is 0 Å². The standard InChI is InChI=1S/C14H23NOS/c1-12(14-7-4-10-17-14)16-9-3-6-13-5-2-8-15-11-13/h4,7,10,12-13,15H,2-3,5-6,8-9,11H2,1H3. The Morgan fingerprint density at radius 3 is 3.24 bits per heavy atom. The molecular weight excluding hydrogens is 230 g/mol. The summed E-state index contributed by atoms with van der Waals surface area (Å²) in [5.41, 5.74) is 0. The molecule has 2 unspecified atom stereocenters. The van der Waals surface area contributed by atoms with Crippen molar-refractivity contribution >= 4 is 11.3 Å². The van der Waals surface area contributed by atoms with Crippen molar-refractivity contribution in [2.24, 2.45) is 5.92 Å². The van der Waals surface area contributed by atoms with Crippen LogP contribution in [0, 0.1) is 5.92 Å². The normalized spacial score (nSPS) is 22.5. The zero-order valence-electron chi connectivity index (χ0n) is 10.7. The van der Waals surface area contributed by atoms with E-state index in [-0.39, 0.29) is 6.10 Å². The van der Waals surface area contributed by atoms with Crippen molar-refractivity contribution in [1.29, 1.82) is 0 Å². The fourth-order valence-electron chi connectivity index (χ4n) is 2.41. The summed E-state index contributed by atoms with van der Waals surface area (Å²) >= 11 is 1.78. The summed E-state index contributed by atoms with van der Waals surface area (Å²) in [6, 6.07) is 4.24. The fraction of sp³-hybridized carbons (Fsp3) is 0.714. The van der Waals surface area contributed by atoms with Crippen LogP contribution in [0.3, 0.4) is 0 Å². The van der Waals surface area contributed by atoms with E-state index in [1.54, 1.807) is 11.3 Å². The molecule has 1 N–H and O–H groups in total. The Morgan fingerprint density at radius 2 is 2.53 bits per heavy atom. The van der Waals surface area contributed by atoms with Crippen LogP contribution in [-0.4, -0.2) is 19.7 Å². The van der Waals surface area contributed by atoms with Crippen molar-refractivity contribution in [2.45, 2.75) is 38.7 Å². The van der Waals surface area contributed by atoms with E-state index in [4.69, 9.17) is 4.74 Å². The number of ether oxygens (including phenoxy) is 1. The minimum absolute atomic E-state index is 0.263. The van der Waals surface area contributed by atoms with E-state index in [1.807, 2.05) is 0 Å². The quantitative estimate of drug-likeness (QED) is 0.782. The summed E-state index contributed by atoms with van der Waals surface area (Å²) in [6.45, 7) is 5.46. The van der Waals surface area contributed by atoms with E-state index in [2.05, 4.69) is 29.8 Å². The maximum atomic E-state index is 5.87. The molecule has 96 valence electrons. The van der Waals surface area contributed by atoms with Gasteiger partial charge in [0.25, 0.3) is 0 Å². The Bertz CT molecular complexity index is 293. The van der Waals surface area contributed by atoms with Gasteiger partial charge < -0.3 is 10.1 Å². The second-order valence-corrected chi connectivity index (χ2v) is 5.86. The smallest absolute Gasteiger partial charge is 0.0888 e. The van der Waals surface area contributed by atoms with Crippen molar-refractivity contribution in [2.75, 3.05) is 19.7 Å². The maximum Gasteiger partial charge on any atom is 0.0888 e. The second kappa shape index (κ2) is 7.14. The molecule has 0 spiro atoms. The Morgan fingerprint density at radius 1 is 1.59 bits per heavy atom. The SMILES string of the molecule is CC(OCCCC1CCCNC1)c1cccs1. The lowest BCUT2D eigenvalue weighted by Gasteiger charge is -2.22. The lowest BCUT2D eigenvalue weighted by Crippen LogP contribution is -2.29. The molecule has 0 aromatic carbocycles. The van der Waals surface area contributed by atoms with Gasteiger partial charge in [0.1, 0.15) is 0 Å². The molecule has 0 amide bonds. The minimum Gasteiger partial charge on any atom is -0.373 e. The molecule has 1 aromatic heterocycles. The van der Waals surface area contributed by atoms with E-state index in [0.717, 1.165) is 12.5 Å². The van der Waals surface area contributed by atoms with Gasteiger partial charge in [-0.25, -0.2) is 0 Å². The lowest BCUT2D eigenvalue weighted by molar-refractivity contribution is 0.0625. The summed E-state index contributed by atoms with van der Waals surface area (Å²) in [4.78, 5) is 1.34. The maximum absolute atomic E-state index is 5.87. The van der Waals surface area contributed by atoms with Crippen molar-refractivity contribution in [3.8, 4) is 0 Å². The predicted octanol–water partition coefficient (Wildman–Crippen LogP) is 3.61. The van der Waals surface area contributed by atoms with E-state index in [9.17, 15) is 0 Å². The highest BCUT2D eigenvalue weighted by atomic mass is 32.1. The molecule has 17 heavy (non-hydrogen) atoms. The summed E-state index contributed by atoms with van der Waals surface area (Å²) < 4.78 is 5.87. The Kier molecular flexibility index (Phi) is 5.49. The average Bonchev–Trinajstić information content (AvgIpc) is 2.89. The molecule has 2 nitrogen and oxygen atoms in total. The third kappa shape index (κ3) is 4.41. The molecule has 1 aliphatic rings. The van der Waals surface area contributed by atoms with Crippen molar-refractivity contribution < 1.29 is 4.74 Å². The number of thiophene rings is 1. The Balaban J connectivity index is 1.56. The van der Waals surface area contributed by atoms with Crippen LogP contribution in [0.25, 0.3) is 0 Å². The molecule has 1 aromatic rings. The molecule has 1 saturated heterocycles. The van der Waals surface area contributed by atoms with Crippen molar-refractivity contribution in [1.82, 2.24) is 5.32 Å². The zero-order valence-corrected chi connectivity index (χ0v) is 11.5. The number of rotatable bonds is 6. The van der Waals surface area contributed by atoms with Gasteiger partial charge in [-0.1, -0.05) is 6.07 Å². The molecule has 0 saturated carbocycles. The topological polar surface area (TPSA) is 21.3 Å². The molecular formula is C14H23NOS. The molecule has 1 fully saturated rings. The highest BCUT2D eigenvalue weighted by molar-refractivity contribution is 7.10. The van der Waals surface area contributed by atoms with Crippen LogP contribution in [0.4, 0.5) is 0 Å². The zero-order chi connectivity index (χ0) is 11.9. The number of hydrogen-bond donors (Lipinski definition) is 1. The summed E-state index contributed by atoms with van der Waals surface area (Å²) in [6.07, 6.45) is 5.51. The monoisotopic (exact) mass is 253 g/mol. The van der Waals surface area contributed by atoms with Crippen LogP contribution >= 0.6 is 11.3 Å². The van der Waals surface area contributed by atoms with E-state index < -0.39 is 0 Å². The second-order valence-electron chi connectivity index (χ2n) is 4.88. The van der Waals surface area contributed by atoms with E-state index in [0.29, 0.717) is 0 Å². The first-order valence-electron chi connectivity index (χ1n) is 6.72. The predicted molar refractivity (Wildman–Crippen MR) is 73.5 cm³/mol. The van der Waals surface area contributed by atoms with Crippen LogP contribution in [0.15, 0.2) is 17.5 Å². The van der Waals surface area contributed by atoms with Gasteiger partial charge in [0, 0.05) is 11.5 Å². The molecule has 2 atom stereocenters. The molecule has 3 heteroatoms. The first-order chi connectivity index (χ1) is 8.36. The largest absolute Gasteiger partial charge is 0.373 e. The first kappa shape index (κ1) is 13.1. The molecule has 1 aliphatic heterocycles. The van der Waals surface area contributed by atoms with Gasteiger partial charge in [0.2, 0.25) is 0 Å². The minimum atomic E-state index is 0.263. The van der Waals surface area contributed by atoms with Crippen molar-refractivity contribution in [3.05, 3.63) is 22.4 Å². The number of nitrogens with one attached hydrogen (secondary N) is 1. The number of piperidine rings is 1. The summed E-state index contributed by atoms with van der Waals surface area (Å²) in [5, 5.41) is 5.58. The van der Waals surface area contributed by atoms with Gasteiger partial charge in [0.15, 0.2) is 0 Å². The number of hydrogen-bond acceptors (Lipinski definition) is 3. The third-order valence-corrected chi connectivity index (χ3v) is 4.50. The van der Waals surface area contributed by atoms with Gasteiger partial charge >= 0.3 is 0 Å². The lowest BCUT2D eigenvalue weighted by atomic mass is 9.95. The molecule has 2 rings (SSSR count). The Hall–Kier alpha value is -0.380. The Labute approximate surface area is 108 Å². The fourth-order valence-corrected chi connectivity index (χ4v) is 3.14. The molecule has 0 radical (unpaired) electrons. The third-order valence-electron chi connectivity index (χ3n) is 3.47. The molecule has 0 aliphatic carbocycles. The van der Waals surface area contributed by atoms with Crippen LogP contribution in [0.5, 0.6) is 0 Å². The van der Waals surface area contributed by atoms with Crippen LogP contribution in [-0.2, 0) is 4.74 Å². The van der Waals surface area contributed by atoms with Crippen LogP contribution in [0.2, 0.25) is 0 Å². The van der Waals surface area contributed by atoms with Gasteiger partial charge in [-0.05, 0) is 63.1 Å². The molecule has 2 heterocycles. The van der Waals surface area contributed by atoms with Crippen LogP contribution < -0.4 is 5.32 Å². The van der Waals surface area contributed by atoms with Gasteiger partial charge in [-0.2, -0.15) is 0 Å². The van der Waals surface area contributed by atoms with Gasteiger partial charge in [0.05, 0.1) is 6.10 Å². The molecule has 0 bridgehead atoms. The first-order valence-corrected chi connectivity index (χ1v) is 7.60. The van der Waals surface area contributed by atoms with Crippen LogP contribution in [0.1, 0.15) is 43.6 Å². The van der Waals surface area contributed by atoms with Crippen molar-refractivity contribution in [3.63, 3.8) is 0 Å².